The Morgan fingerprint density at radius 1 is 1.45 bits per heavy atom. The summed E-state index contributed by atoms with van der Waals surface area (Å²) in [4.78, 5) is 36.3. The lowest BCUT2D eigenvalue weighted by atomic mass is 10.2. The Hall–Kier alpha value is -2.22. The maximum atomic E-state index is 12.3. The molecule has 0 aliphatic carbocycles. The number of para-hydroxylation sites is 2. The van der Waals surface area contributed by atoms with E-state index < -0.39 is 18.0 Å². The number of nitrogens with one attached hydrogen (secondary N) is 2. The number of carboxylic acid groups (broad SMARTS) is 1. The molecule has 0 bridgehead atoms. The van der Waals surface area contributed by atoms with Gasteiger partial charge in [-0.2, -0.15) is 11.8 Å². The Bertz CT molecular complexity index is 593. The van der Waals surface area contributed by atoms with Gasteiger partial charge in [-0.15, -0.1) is 0 Å². The molecule has 3 amide bonds. The van der Waals surface area contributed by atoms with Crippen molar-refractivity contribution in [1.82, 2.24) is 5.32 Å². The average molecular weight is 322 g/mol. The highest BCUT2D eigenvalue weighted by Crippen LogP contribution is 2.28. The van der Waals surface area contributed by atoms with E-state index in [0.29, 0.717) is 17.1 Å². The van der Waals surface area contributed by atoms with Crippen molar-refractivity contribution in [2.75, 3.05) is 28.8 Å². The van der Waals surface area contributed by atoms with Gasteiger partial charge in [-0.25, -0.2) is 4.79 Å². The summed E-state index contributed by atoms with van der Waals surface area (Å²) in [5, 5.41) is 16.2. The predicted octanol–water partition coefficient (Wildman–Crippen LogP) is 0.0263. The minimum atomic E-state index is -1.34. The number of thioether (sulfide) groups is 1. The van der Waals surface area contributed by atoms with E-state index in [2.05, 4.69) is 10.6 Å². The monoisotopic (exact) mass is 322 g/mol. The van der Waals surface area contributed by atoms with Gasteiger partial charge in [0.1, 0.15) is 6.54 Å². The van der Waals surface area contributed by atoms with Crippen LogP contribution in [0, 0.1) is 0 Å². The summed E-state index contributed by atoms with van der Waals surface area (Å²) < 4.78 is 0. The molecule has 0 radical (unpaired) electrons. The number of hydrogen-bond acceptors (Lipinski definition) is 5. The first-order chi connectivity index (χ1) is 10.5. The van der Waals surface area contributed by atoms with Gasteiger partial charge < -0.3 is 20.5 Å². The zero-order chi connectivity index (χ0) is 16.1. The van der Waals surface area contributed by atoms with E-state index >= 15 is 0 Å². The Morgan fingerprint density at radius 3 is 2.86 bits per heavy atom. The Balaban J connectivity index is 2.15. The number of rotatable bonds is 5. The molecule has 0 aromatic heterocycles. The Kier molecular flexibility index (Phi) is 5.26. The van der Waals surface area contributed by atoms with Crippen LogP contribution in [0.4, 0.5) is 16.2 Å². The summed E-state index contributed by atoms with van der Waals surface area (Å²) >= 11 is 1.48. The van der Waals surface area contributed by atoms with E-state index in [1.807, 2.05) is 6.26 Å². The lowest BCUT2D eigenvalue weighted by molar-refractivity contribution is -0.308. The first-order valence-corrected chi connectivity index (χ1v) is 8.09. The number of amides is 3. The van der Waals surface area contributed by atoms with E-state index in [9.17, 15) is 19.5 Å². The zero-order valence-corrected chi connectivity index (χ0v) is 12.8. The molecule has 1 heterocycles. The third-order valence-corrected chi connectivity index (χ3v) is 3.85. The van der Waals surface area contributed by atoms with Crippen LogP contribution in [-0.4, -0.2) is 42.5 Å². The van der Waals surface area contributed by atoms with Crippen LogP contribution in [0.5, 0.6) is 0 Å². The molecule has 2 N–H and O–H groups in total. The largest absolute Gasteiger partial charge is 0.548 e. The number of aliphatic carboxylic acids is 1. The van der Waals surface area contributed by atoms with Gasteiger partial charge in [0.25, 0.3) is 0 Å². The van der Waals surface area contributed by atoms with Crippen molar-refractivity contribution >= 4 is 41.0 Å². The molecule has 2 rings (SSSR count). The van der Waals surface area contributed by atoms with Gasteiger partial charge in [-0.05, 0) is 30.6 Å². The number of carbonyl (C=O) groups excluding carboxylic acids is 3. The number of urea groups is 1. The summed E-state index contributed by atoms with van der Waals surface area (Å²) in [5.74, 6) is -1.09. The van der Waals surface area contributed by atoms with E-state index in [1.54, 1.807) is 24.3 Å². The SMILES string of the molecule is CSCC[C@H](NC(=O)N1CC(=O)Nc2ccccc21)C(=O)[O-]. The molecule has 0 saturated carbocycles. The molecule has 1 aliphatic rings. The zero-order valence-electron chi connectivity index (χ0n) is 12.0. The number of anilines is 2. The highest BCUT2D eigenvalue weighted by Gasteiger charge is 2.28. The molecular formula is C14H16N3O4S-. The van der Waals surface area contributed by atoms with E-state index in [1.165, 1.54) is 16.7 Å². The van der Waals surface area contributed by atoms with E-state index in [0.717, 1.165) is 0 Å². The molecule has 1 aromatic rings. The topological polar surface area (TPSA) is 102 Å². The van der Waals surface area contributed by atoms with Crippen LogP contribution in [0.3, 0.4) is 0 Å². The second-order valence-electron chi connectivity index (χ2n) is 4.75. The molecule has 1 aromatic carbocycles. The maximum absolute atomic E-state index is 12.3. The van der Waals surface area contributed by atoms with Crippen molar-refractivity contribution < 1.29 is 19.5 Å². The molecule has 1 aliphatic heterocycles. The lowest BCUT2D eigenvalue weighted by Crippen LogP contribution is -2.54. The second kappa shape index (κ2) is 7.17. The van der Waals surface area contributed by atoms with Gasteiger partial charge in [0.2, 0.25) is 5.91 Å². The normalized spacial score (nSPS) is 14.8. The fraction of sp³-hybridized carbons (Fsp3) is 0.357. The Morgan fingerprint density at radius 2 is 2.18 bits per heavy atom. The van der Waals surface area contributed by atoms with Gasteiger partial charge in [-0.3, -0.25) is 9.69 Å². The minimum Gasteiger partial charge on any atom is -0.548 e. The smallest absolute Gasteiger partial charge is 0.322 e. The number of fused-ring (bicyclic) bond motifs is 1. The van der Waals surface area contributed by atoms with Crippen molar-refractivity contribution in [3.8, 4) is 0 Å². The molecule has 0 spiro atoms. The van der Waals surface area contributed by atoms with Crippen molar-refractivity contribution in [2.24, 2.45) is 0 Å². The van der Waals surface area contributed by atoms with Gasteiger partial charge in [-0.1, -0.05) is 12.1 Å². The molecule has 0 saturated heterocycles. The molecule has 22 heavy (non-hydrogen) atoms. The number of carbonyl (C=O) groups is 3. The molecule has 1 atom stereocenters. The predicted molar refractivity (Wildman–Crippen MR) is 82.7 cm³/mol. The Labute approximate surface area is 132 Å². The highest BCUT2D eigenvalue weighted by atomic mass is 32.2. The fourth-order valence-electron chi connectivity index (χ4n) is 2.13. The summed E-state index contributed by atoms with van der Waals surface area (Å²) in [6.45, 7) is -0.162. The number of hydrogen-bond donors (Lipinski definition) is 2. The van der Waals surface area contributed by atoms with Crippen LogP contribution >= 0.6 is 11.8 Å². The first-order valence-electron chi connectivity index (χ1n) is 6.69. The van der Waals surface area contributed by atoms with Crippen LogP contribution in [0.2, 0.25) is 0 Å². The highest BCUT2D eigenvalue weighted by molar-refractivity contribution is 7.98. The molecule has 0 unspecified atom stereocenters. The molecular weight excluding hydrogens is 306 g/mol. The number of nitrogens with zero attached hydrogens (tertiary/aromatic N) is 1. The van der Waals surface area contributed by atoms with Crippen molar-refractivity contribution in [3.63, 3.8) is 0 Å². The number of carboxylic acids is 1. The molecule has 0 fully saturated rings. The van der Waals surface area contributed by atoms with Crippen LogP contribution in [0.1, 0.15) is 6.42 Å². The second-order valence-corrected chi connectivity index (χ2v) is 5.74. The third-order valence-electron chi connectivity index (χ3n) is 3.21. The van der Waals surface area contributed by atoms with E-state index in [-0.39, 0.29) is 18.9 Å². The maximum Gasteiger partial charge on any atom is 0.322 e. The summed E-state index contributed by atoms with van der Waals surface area (Å²) in [6.07, 6.45) is 2.11. The average Bonchev–Trinajstić information content (AvgIpc) is 2.49. The lowest BCUT2D eigenvalue weighted by Gasteiger charge is -2.31. The van der Waals surface area contributed by atoms with Gasteiger partial charge >= 0.3 is 6.03 Å². The first kappa shape index (κ1) is 16.2. The summed E-state index contributed by atoms with van der Waals surface area (Å²) in [6, 6.07) is 5.12. The minimum absolute atomic E-state index is 0.162. The van der Waals surface area contributed by atoms with Crippen LogP contribution in [0.15, 0.2) is 24.3 Å². The van der Waals surface area contributed by atoms with Crippen LogP contribution in [0.25, 0.3) is 0 Å². The standard InChI is InChI=1S/C14H17N3O4S/c1-22-7-6-10(13(19)20)16-14(21)17-8-12(18)15-9-4-2-3-5-11(9)17/h2-5,10H,6-8H2,1H3,(H,15,18)(H,16,21)(H,19,20)/p-1/t10-/m0/s1. The molecule has 7 nitrogen and oxygen atoms in total. The fourth-order valence-corrected chi connectivity index (χ4v) is 2.60. The van der Waals surface area contributed by atoms with E-state index in [4.69, 9.17) is 0 Å². The van der Waals surface area contributed by atoms with Crippen LogP contribution < -0.4 is 20.6 Å². The van der Waals surface area contributed by atoms with Crippen molar-refractivity contribution in [1.29, 1.82) is 0 Å². The van der Waals surface area contributed by atoms with Crippen LogP contribution in [-0.2, 0) is 9.59 Å². The summed E-state index contributed by atoms with van der Waals surface area (Å²) in [7, 11) is 0. The van der Waals surface area contributed by atoms with Crippen molar-refractivity contribution in [2.45, 2.75) is 12.5 Å². The summed E-state index contributed by atoms with van der Waals surface area (Å²) in [5.41, 5.74) is 1.05. The third kappa shape index (κ3) is 3.70. The number of benzene rings is 1. The van der Waals surface area contributed by atoms with Gasteiger partial charge in [0.15, 0.2) is 0 Å². The quantitative estimate of drug-likeness (QED) is 0.796. The van der Waals surface area contributed by atoms with Gasteiger partial charge in [0, 0.05) is 0 Å². The van der Waals surface area contributed by atoms with Gasteiger partial charge in [0.05, 0.1) is 23.4 Å². The molecule has 8 heteroatoms. The molecule has 118 valence electrons. The van der Waals surface area contributed by atoms with Crippen molar-refractivity contribution in [3.05, 3.63) is 24.3 Å².